The van der Waals surface area contributed by atoms with Crippen LogP contribution in [0.1, 0.15) is 6.92 Å². The molecule has 0 aliphatic heterocycles. The fourth-order valence-corrected chi connectivity index (χ4v) is 1.55. The van der Waals surface area contributed by atoms with Gasteiger partial charge in [0, 0.05) is 14.2 Å². The van der Waals surface area contributed by atoms with Crippen molar-refractivity contribution in [1.82, 2.24) is 5.32 Å². The van der Waals surface area contributed by atoms with Crippen LogP contribution in [0.5, 0.6) is 5.75 Å². The number of rotatable bonds is 7. The first kappa shape index (κ1) is 16.9. The Kier molecular flexibility index (Phi) is 7.20. The number of hydrogen-bond acceptors (Lipinski definition) is 5. The predicted octanol–water partition coefficient (Wildman–Crippen LogP) is 0.759. The van der Waals surface area contributed by atoms with Crippen molar-refractivity contribution in [3.63, 3.8) is 0 Å². The van der Waals surface area contributed by atoms with Crippen LogP contribution in [0, 0.1) is 0 Å². The minimum atomic E-state index is -0.784. The van der Waals surface area contributed by atoms with E-state index in [2.05, 4.69) is 10.6 Å². The van der Waals surface area contributed by atoms with Crippen molar-refractivity contribution in [2.24, 2.45) is 0 Å². The first-order valence-corrected chi connectivity index (χ1v) is 6.49. The van der Waals surface area contributed by atoms with Crippen molar-refractivity contribution in [3.8, 4) is 5.75 Å². The molecule has 7 heteroatoms. The van der Waals surface area contributed by atoms with Crippen LogP contribution in [0.25, 0.3) is 0 Å². The molecule has 0 atom stereocenters. The third-order valence-electron chi connectivity index (χ3n) is 2.60. The number of carbonyl (C=O) groups is 2. The van der Waals surface area contributed by atoms with Crippen LogP contribution in [0.2, 0.25) is 0 Å². The van der Waals surface area contributed by atoms with Crippen molar-refractivity contribution >= 4 is 17.5 Å². The van der Waals surface area contributed by atoms with Crippen LogP contribution in [-0.4, -0.2) is 45.5 Å². The zero-order valence-electron chi connectivity index (χ0n) is 12.3. The molecule has 0 saturated heterocycles. The lowest BCUT2D eigenvalue weighted by Crippen LogP contribution is -2.40. The van der Waals surface area contributed by atoms with E-state index in [4.69, 9.17) is 14.2 Å². The van der Waals surface area contributed by atoms with Crippen molar-refractivity contribution < 1.29 is 23.8 Å². The van der Waals surface area contributed by atoms with Crippen LogP contribution >= 0.6 is 0 Å². The van der Waals surface area contributed by atoms with Gasteiger partial charge in [0.1, 0.15) is 5.75 Å². The number of carbonyl (C=O) groups excluding carboxylic acids is 2. The molecule has 0 fully saturated rings. The standard InChI is InChI=1S/C14H20N2O5/c1-4-21-11-8-6-5-7-10(11)16-14(18)13(17)15-9-12(19-2)20-3/h5-8,12H,4,9H2,1-3H3,(H,15,17)(H,16,18). The van der Waals surface area contributed by atoms with Gasteiger partial charge in [-0.15, -0.1) is 0 Å². The second kappa shape index (κ2) is 8.93. The predicted molar refractivity (Wildman–Crippen MR) is 77.1 cm³/mol. The highest BCUT2D eigenvalue weighted by Gasteiger charge is 2.17. The smallest absolute Gasteiger partial charge is 0.313 e. The van der Waals surface area contributed by atoms with E-state index < -0.39 is 18.1 Å². The molecule has 0 aliphatic rings. The number of hydrogen-bond donors (Lipinski definition) is 2. The third kappa shape index (κ3) is 5.41. The summed E-state index contributed by atoms with van der Waals surface area (Å²) in [5.74, 6) is -1.05. The summed E-state index contributed by atoms with van der Waals surface area (Å²) in [4.78, 5) is 23.5. The van der Waals surface area contributed by atoms with Crippen molar-refractivity contribution in [2.75, 3.05) is 32.7 Å². The monoisotopic (exact) mass is 296 g/mol. The number of methoxy groups -OCH3 is 2. The van der Waals surface area contributed by atoms with Crippen molar-refractivity contribution in [3.05, 3.63) is 24.3 Å². The number of anilines is 1. The van der Waals surface area contributed by atoms with E-state index in [-0.39, 0.29) is 6.54 Å². The van der Waals surface area contributed by atoms with E-state index in [0.717, 1.165) is 0 Å². The Morgan fingerprint density at radius 3 is 2.43 bits per heavy atom. The van der Waals surface area contributed by atoms with Gasteiger partial charge in [-0.1, -0.05) is 12.1 Å². The lowest BCUT2D eigenvalue weighted by Gasteiger charge is -2.14. The zero-order chi connectivity index (χ0) is 15.7. The summed E-state index contributed by atoms with van der Waals surface area (Å²) in [7, 11) is 2.89. The number of ether oxygens (including phenoxy) is 3. The Morgan fingerprint density at radius 2 is 1.81 bits per heavy atom. The molecule has 0 aliphatic carbocycles. The van der Waals surface area contributed by atoms with E-state index in [1.54, 1.807) is 24.3 Å². The van der Waals surface area contributed by atoms with Gasteiger partial charge in [0.05, 0.1) is 18.8 Å². The van der Waals surface area contributed by atoms with Gasteiger partial charge < -0.3 is 24.8 Å². The van der Waals surface area contributed by atoms with Gasteiger partial charge in [-0.3, -0.25) is 9.59 Å². The summed E-state index contributed by atoms with van der Waals surface area (Å²) < 4.78 is 15.2. The van der Waals surface area contributed by atoms with E-state index in [1.165, 1.54) is 14.2 Å². The van der Waals surface area contributed by atoms with E-state index in [1.807, 2.05) is 6.92 Å². The SMILES string of the molecule is CCOc1ccccc1NC(=O)C(=O)NCC(OC)OC. The van der Waals surface area contributed by atoms with Crippen LogP contribution in [-0.2, 0) is 19.1 Å². The number of para-hydroxylation sites is 2. The fourth-order valence-electron chi connectivity index (χ4n) is 1.55. The molecule has 0 bridgehead atoms. The van der Waals surface area contributed by atoms with Gasteiger partial charge in [0.15, 0.2) is 6.29 Å². The molecule has 0 heterocycles. The van der Waals surface area contributed by atoms with Gasteiger partial charge in [-0.05, 0) is 19.1 Å². The minimum absolute atomic E-state index is 0.0758. The largest absolute Gasteiger partial charge is 0.492 e. The summed E-state index contributed by atoms with van der Waals surface area (Å²) in [6, 6.07) is 6.89. The summed E-state index contributed by atoms with van der Waals surface area (Å²) in [6.45, 7) is 2.37. The minimum Gasteiger partial charge on any atom is -0.492 e. The molecule has 116 valence electrons. The van der Waals surface area contributed by atoms with E-state index in [9.17, 15) is 9.59 Å². The molecule has 7 nitrogen and oxygen atoms in total. The number of benzene rings is 1. The van der Waals surface area contributed by atoms with Crippen LogP contribution in [0.15, 0.2) is 24.3 Å². The second-order valence-electron chi connectivity index (χ2n) is 3.99. The van der Waals surface area contributed by atoms with Crippen LogP contribution in [0.4, 0.5) is 5.69 Å². The maximum absolute atomic E-state index is 11.8. The maximum atomic E-state index is 11.8. The Labute approximate surface area is 123 Å². The van der Waals surface area contributed by atoms with Crippen molar-refractivity contribution in [1.29, 1.82) is 0 Å². The Bertz CT molecular complexity index is 474. The molecule has 1 rings (SSSR count). The quantitative estimate of drug-likeness (QED) is 0.573. The topological polar surface area (TPSA) is 85.9 Å². The molecule has 0 aromatic heterocycles. The number of nitrogens with one attached hydrogen (secondary N) is 2. The molecule has 2 amide bonds. The van der Waals surface area contributed by atoms with Crippen molar-refractivity contribution in [2.45, 2.75) is 13.2 Å². The van der Waals surface area contributed by atoms with Gasteiger partial charge in [-0.2, -0.15) is 0 Å². The Balaban J connectivity index is 2.58. The first-order valence-electron chi connectivity index (χ1n) is 6.49. The molecule has 0 spiro atoms. The normalized spacial score (nSPS) is 10.3. The average Bonchev–Trinajstić information content (AvgIpc) is 2.50. The van der Waals surface area contributed by atoms with Gasteiger partial charge >= 0.3 is 11.8 Å². The molecule has 0 saturated carbocycles. The van der Waals surface area contributed by atoms with Crippen LogP contribution in [0.3, 0.4) is 0 Å². The summed E-state index contributed by atoms with van der Waals surface area (Å²) >= 11 is 0. The highest BCUT2D eigenvalue weighted by Crippen LogP contribution is 2.23. The highest BCUT2D eigenvalue weighted by atomic mass is 16.7. The summed E-state index contributed by atoms with van der Waals surface area (Å²) in [5, 5.41) is 4.91. The fraction of sp³-hybridized carbons (Fsp3) is 0.429. The average molecular weight is 296 g/mol. The second-order valence-corrected chi connectivity index (χ2v) is 3.99. The van der Waals surface area contributed by atoms with Crippen LogP contribution < -0.4 is 15.4 Å². The maximum Gasteiger partial charge on any atom is 0.313 e. The Morgan fingerprint density at radius 1 is 1.14 bits per heavy atom. The molecule has 21 heavy (non-hydrogen) atoms. The zero-order valence-corrected chi connectivity index (χ0v) is 12.3. The summed E-state index contributed by atoms with van der Waals surface area (Å²) in [6.07, 6.45) is -0.600. The van der Waals surface area contributed by atoms with Gasteiger partial charge in [0.25, 0.3) is 0 Å². The molecule has 1 aromatic carbocycles. The lowest BCUT2D eigenvalue weighted by molar-refractivity contribution is -0.139. The summed E-state index contributed by atoms with van der Waals surface area (Å²) in [5.41, 5.74) is 0.439. The van der Waals surface area contributed by atoms with Gasteiger partial charge in [-0.25, -0.2) is 0 Å². The molecule has 1 aromatic rings. The molecule has 2 N–H and O–H groups in total. The van der Waals surface area contributed by atoms with E-state index in [0.29, 0.717) is 18.0 Å². The third-order valence-corrected chi connectivity index (χ3v) is 2.60. The molecular weight excluding hydrogens is 276 g/mol. The Hall–Kier alpha value is -2.12. The lowest BCUT2D eigenvalue weighted by atomic mass is 10.3. The molecule has 0 unspecified atom stereocenters. The van der Waals surface area contributed by atoms with E-state index >= 15 is 0 Å². The highest BCUT2D eigenvalue weighted by molar-refractivity contribution is 6.39. The molecular formula is C14H20N2O5. The number of amides is 2. The van der Waals surface area contributed by atoms with Gasteiger partial charge in [0.2, 0.25) is 0 Å². The first-order chi connectivity index (χ1) is 10.1. The molecule has 0 radical (unpaired) electrons.